The zero-order chi connectivity index (χ0) is 20.5. The van der Waals surface area contributed by atoms with E-state index in [0.29, 0.717) is 12.4 Å². The number of nitrogens with one attached hydrogen (secondary N) is 1. The first-order chi connectivity index (χ1) is 14.7. The van der Waals surface area contributed by atoms with Crippen LogP contribution in [0.15, 0.2) is 24.7 Å². The van der Waals surface area contributed by atoms with E-state index in [2.05, 4.69) is 29.7 Å². The molecule has 1 amide bonds. The fourth-order valence-corrected chi connectivity index (χ4v) is 4.58. The van der Waals surface area contributed by atoms with E-state index in [1.807, 2.05) is 19.1 Å². The Hall–Kier alpha value is -3.03. The van der Waals surface area contributed by atoms with Crippen LogP contribution in [-0.2, 0) is 17.8 Å². The number of hydrogen-bond donors (Lipinski definition) is 1. The first-order valence-corrected chi connectivity index (χ1v) is 10.9. The SMILES string of the molecule is Cc1cccnc1NC(=O)C1CCCN(c2ncnc3c2nc2n3CCCCC2)C1. The number of hydrogen-bond acceptors (Lipinski definition) is 6. The van der Waals surface area contributed by atoms with Crippen molar-refractivity contribution in [2.24, 2.45) is 5.92 Å². The van der Waals surface area contributed by atoms with E-state index >= 15 is 0 Å². The average Bonchev–Trinajstić information content (AvgIpc) is 2.96. The monoisotopic (exact) mass is 405 g/mol. The van der Waals surface area contributed by atoms with Crippen molar-refractivity contribution in [1.29, 1.82) is 0 Å². The summed E-state index contributed by atoms with van der Waals surface area (Å²) in [7, 11) is 0. The Balaban J connectivity index is 1.39. The standard InChI is InChI=1S/C22H27N7O/c1-15-7-5-10-23-19(15)27-22(30)16-8-6-11-28(13-16)20-18-21(25-14-24-20)29-12-4-2-3-9-17(29)26-18/h5,7,10,14,16H,2-4,6,8-9,11-13H2,1H3,(H,23,27,30). The third-order valence-electron chi connectivity index (χ3n) is 6.22. The Kier molecular flexibility index (Phi) is 5.06. The normalized spacial score (nSPS) is 19.4. The molecule has 3 aromatic rings. The number of carbonyl (C=O) groups excluding carboxylic acids is 1. The van der Waals surface area contributed by atoms with Gasteiger partial charge in [-0.3, -0.25) is 4.79 Å². The number of imidazole rings is 1. The summed E-state index contributed by atoms with van der Waals surface area (Å²) in [6.45, 7) is 4.43. The van der Waals surface area contributed by atoms with Gasteiger partial charge >= 0.3 is 0 Å². The van der Waals surface area contributed by atoms with Crippen LogP contribution in [0, 0.1) is 12.8 Å². The van der Waals surface area contributed by atoms with Gasteiger partial charge in [-0.15, -0.1) is 0 Å². The lowest BCUT2D eigenvalue weighted by atomic mass is 9.97. The Morgan fingerprint density at radius 1 is 1.13 bits per heavy atom. The van der Waals surface area contributed by atoms with Gasteiger partial charge < -0.3 is 14.8 Å². The minimum Gasteiger partial charge on any atom is -0.354 e. The molecular weight excluding hydrogens is 378 g/mol. The van der Waals surface area contributed by atoms with Crippen LogP contribution >= 0.6 is 0 Å². The van der Waals surface area contributed by atoms with Gasteiger partial charge in [-0.25, -0.2) is 19.9 Å². The Morgan fingerprint density at radius 3 is 2.97 bits per heavy atom. The van der Waals surface area contributed by atoms with E-state index in [1.165, 1.54) is 12.8 Å². The second-order valence-corrected chi connectivity index (χ2v) is 8.30. The maximum Gasteiger partial charge on any atom is 0.230 e. The second-order valence-electron chi connectivity index (χ2n) is 8.30. The molecule has 2 aliphatic heterocycles. The maximum absolute atomic E-state index is 12.9. The molecule has 1 atom stereocenters. The molecule has 0 saturated carbocycles. The van der Waals surface area contributed by atoms with Crippen LogP contribution in [0.25, 0.3) is 11.2 Å². The van der Waals surface area contributed by atoms with Crippen molar-refractivity contribution in [3.63, 3.8) is 0 Å². The van der Waals surface area contributed by atoms with Crippen molar-refractivity contribution in [1.82, 2.24) is 24.5 Å². The summed E-state index contributed by atoms with van der Waals surface area (Å²) in [4.78, 5) is 33.5. The molecule has 156 valence electrons. The summed E-state index contributed by atoms with van der Waals surface area (Å²) in [6, 6.07) is 3.83. The van der Waals surface area contributed by atoms with E-state index in [4.69, 9.17) is 4.98 Å². The highest BCUT2D eigenvalue weighted by atomic mass is 16.2. The summed E-state index contributed by atoms with van der Waals surface area (Å²) in [6.07, 6.45) is 9.71. The molecule has 5 rings (SSSR count). The molecule has 1 saturated heterocycles. The summed E-state index contributed by atoms with van der Waals surface area (Å²) >= 11 is 0. The molecule has 0 radical (unpaired) electrons. The number of pyridine rings is 1. The molecule has 0 spiro atoms. The van der Waals surface area contributed by atoms with Crippen LogP contribution in [0.5, 0.6) is 0 Å². The second kappa shape index (κ2) is 8.01. The Morgan fingerprint density at radius 2 is 2.07 bits per heavy atom. The van der Waals surface area contributed by atoms with Gasteiger partial charge in [0.05, 0.1) is 5.92 Å². The lowest BCUT2D eigenvalue weighted by Gasteiger charge is -2.32. The summed E-state index contributed by atoms with van der Waals surface area (Å²) in [5.74, 6) is 2.52. The van der Waals surface area contributed by atoms with E-state index in [-0.39, 0.29) is 11.8 Å². The molecule has 8 heteroatoms. The van der Waals surface area contributed by atoms with Crippen molar-refractivity contribution >= 4 is 28.7 Å². The molecule has 8 nitrogen and oxygen atoms in total. The lowest BCUT2D eigenvalue weighted by Crippen LogP contribution is -2.41. The molecule has 30 heavy (non-hydrogen) atoms. The van der Waals surface area contributed by atoms with Gasteiger partial charge in [0.15, 0.2) is 17.0 Å². The highest BCUT2D eigenvalue weighted by Crippen LogP contribution is 2.29. The number of aryl methyl sites for hydroxylation is 3. The van der Waals surface area contributed by atoms with Crippen LogP contribution in [0.2, 0.25) is 0 Å². The fourth-order valence-electron chi connectivity index (χ4n) is 4.58. The van der Waals surface area contributed by atoms with Crippen molar-refractivity contribution in [2.75, 3.05) is 23.3 Å². The maximum atomic E-state index is 12.9. The van der Waals surface area contributed by atoms with Crippen LogP contribution < -0.4 is 10.2 Å². The van der Waals surface area contributed by atoms with E-state index in [0.717, 1.165) is 67.1 Å². The topological polar surface area (TPSA) is 88.8 Å². The molecule has 0 bridgehead atoms. The number of aromatic nitrogens is 5. The molecule has 0 aliphatic carbocycles. The number of fused-ring (bicyclic) bond motifs is 3. The van der Waals surface area contributed by atoms with Crippen LogP contribution in [0.4, 0.5) is 11.6 Å². The molecular formula is C22H27N7O. The molecule has 3 aromatic heterocycles. The molecule has 0 aromatic carbocycles. The molecule has 5 heterocycles. The smallest absolute Gasteiger partial charge is 0.230 e. The van der Waals surface area contributed by atoms with Crippen molar-refractivity contribution in [2.45, 2.75) is 52.0 Å². The fraction of sp³-hybridized carbons (Fsp3) is 0.500. The van der Waals surface area contributed by atoms with Gasteiger partial charge in [0.2, 0.25) is 5.91 Å². The highest BCUT2D eigenvalue weighted by molar-refractivity contribution is 5.93. The minimum atomic E-state index is -0.106. The Bertz CT molecular complexity index is 1080. The number of nitrogens with zero attached hydrogens (tertiary/aromatic N) is 6. The largest absolute Gasteiger partial charge is 0.354 e. The number of rotatable bonds is 3. The third-order valence-corrected chi connectivity index (χ3v) is 6.22. The average molecular weight is 406 g/mol. The van der Waals surface area contributed by atoms with Gasteiger partial charge in [0, 0.05) is 32.3 Å². The van der Waals surface area contributed by atoms with Crippen molar-refractivity contribution < 1.29 is 4.79 Å². The van der Waals surface area contributed by atoms with E-state index < -0.39 is 0 Å². The Labute approximate surface area is 175 Å². The zero-order valence-corrected chi connectivity index (χ0v) is 17.3. The summed E-state index contributed by atoms with van der Waals surface area (Å²) in [5, 5.41) is 3.01. The molecule has 1 N–H and O–H groups in total. The first-order valence-electron chi connectivity index (χ1n) is 10.9. The van der Waals surface area contributed by atoms with Gasteiger partial charge in [0.25, 0.3) is 0 Å². The van der Waals surface area contributed by atoms with Crippen LogP contribution in [0.1, 0.15) is 43.5 Å². The summed E-state index contributed by atoms with van der Waals surface area (Å²) < 4.78 is 2.26. The first kappa shape index (κ1) is 19.0. The minimum absolute atomic E-state index is 0.0208. The molecule has 2 aliphatic rings. The number of anilines is 2. The zero-order valence-electron chi connectivity index (χ0n) is 17.3. The molecule has 1 unspecified atom stereocenters. The van der Waals surface area contributed by atoms with E-state index in [1.54, 1.807) is 12.5 Å². The molecule has 1 fully saturated rings. The van der Waals surface area contributed by atoms with Gasteiger partial charge in [-0.1, -0.05) is 12.5 Å². The number of carbonyl (C=O) groups is 1. The third kappa shape index (κ3) is 3.51. The van der Waals surface area contributed by atoms with Crippen molar-refractivity contribution in [3.8, 4) is 0 Å². The van der Waals surface area contributed by atoms with Gasteiger partial charge in [-0.2, -0.15) is 0 Å². The number of piperidine rings is 1. The predicted molar refractivity (Wildman–Crippen MR) is 115 cm³/mol. The van der Waals surface area contributed by atoms with Crippen molar-refractivity contribution in [3.05, 3.63) is 36.0 Å². The number of amides is 1. The van der Waals surface area contributed by atoms with Crippen LogP contribution in [-0.4, -0.2) is 43.5 Å². The van der Waals surface area contributed by atoms with Gasteiger partial charge in [0.1, 0.15) is 18.0 Å². The van der Waals surface area contributed by atoms with E-state index in [9.17, 15) is 4.79 Å². The highest BCUT2D eigenvalue weighted by Gasteiger charge is 2.29. The quantitative estimate of drug-likeness (QED) is 0.720. The van der Waals surface area contributed by atoms with Crippen LogP contribution in [0.3, 0.4) is 0 Å². The lowest BCUT2D eigenvalue weighted by molar-refractivity contribution is -0.120. The van der Waals surface area contributed by atoms with Gasteiger partial charge in [-0.05, 0) is 44.2 Å². The predicted octanol–water partition coefficient (Wildman–Crippen LogP) is 3.11. The summed E-state index contributed by atoms with van der Waals surface area (Å²) in [5.41, 5.74) is 2.76.